The minimum Gasteiger partial charge on any atom is -0.588 e. The predicted molar refractivity (Wildman–Crippen MR) is 180 cm³/mol. The highest BCUT2D eigenvalue weighted by Crippen LogP contribution is 2.59. The summed E-state index contributed by atoms with van der Waals surface area (Å²) in [6, 6.07) is 19.6. The van der Waals surface area contributed by atoms with Crippen LogP contribution in [0.4, 0.5) is 5.69 Å². The number of benzene rings is 3. The number of aliphatic imine (C=N–C) groups is 1. The minimum absolute atomic E-state index is 0.0217. The molecule has 3 aromatic rings. The second-order valence-electron chi connectivity index (χ2n) is 11.5. The van der Waals surface area contributed by atoms with Crippen molar-refractivity contribution in [2.45, 2.75) is 49.2 Å². The average Bonchev–Trinajstić information content (AvgIpc) is 3.60. The SMILES string of the molecule is CCOC(=O)C1=C(C(=O)OCC)C2N(Cc3ccc(C#N)cc3)c3ccccc3[C@@]23C[C@@H](C(=O)OC)N([S+](=O)([O-])c2ccc(Br)cc2)C3=N1. The molecular weight excluding hydrogens is 716 g/mol. The van der Waals surface area contributed by atoms with Gasteiger partial charge in [-0.2, -0.15) is 9.57 Å². The normalized spacial score (nSPS) is 21.8. The number of methoxy groups -OCH3 is 1. The molecule has 0 N–H and O–H groups in total. The van der Waals surface area contributed by atoms with Crippen LogP contribution in [0.3, 0.4) is 0 Å². The molecule has 12 nitrogen and oxygen atoms in total. The minimum atomic E-state index is -4.53. The zero-order valence-corrected chi connectivity index (χ0v) is 29.2. The molecule has 0 aromatic heterocycles. The van der Waals surface area contributed by atoms with Crippen LogP contribution in [-0.2, 0) is 55.2 Å². The Labute approximate surface area is 292 Å². The summed E-state index contributed by atoms with van der Waals surface area (Å²) >= 11 is 3.34. The number of carbonyl (C=O) groups is 3. The van der Waals surface area contributed by atoms with Gasteiger partial charge in [0.1, 0.15) is 0 Å². The molecule has 4 atom stereocenters. The van der Waals surface area contributed by atoms with Crippen molar-refractivity contribution in [3.05, 3.63) is 105 Å². The highest BCUT2D eigenvalue weighted by molar-refractivity contribution is 9.10. The van der Waals surface area contributed by atoms with Crippen LogP contribution in [0.5, 0.6) is 0 Å². The Morgan fingerprint density at radius 3 is 2.31 bits per heavy atom. The molecule has 3 heterocycles. The Kier molecular flexibility index (Phi) is 9.19. The van der Waals surface area contributed by atoms with E-state index in [-0.39, 0.29) is 42.5 Å². The average molecular weight is 748 g/mol. The zero-order valence-electron chi connectivity index (χ0n) is 26.8. The van der Waals surface area contributed by atoms with Gasteiger partial charge >= 0.3 is 17.9 Å². The molecule has 6 rings (SSSR count). The Morgan fingerprint density at radius 2 is 1.67 bits per heavy atom. The first-order valence-corrected chi connectivity index (χ1v) is 17.7. The van der Waals surface area contributed by atoms with Crippen molar-refractivity contribution in [2.75, 3.05) is 25.2 Å². The zero-order chi connectivity index (χ0) is 35.1. The van der Waals surface area contributed by atoms with Gasteiger partial charge < -0.3 is 23.7 Å². The second kappa shape index (κ2) is 13.2. The summed E-state index contributed by atoms with van der Waals surface area (Å²) in [5.74, 6) is -2.76. The fourth-order valence-electron chi connectivity index (χ4n) is 6.94. The lowest BCUT2D eigenvalue weighted by Gasteiger charge is -2.41. The summed E-state index contributed by atoms with van der Waals surface area (Å²) in [5, 5.41) is 9.38. The van der Waals surface area contributed by atoms with E-state index in [1.807, 2.05) is 11.0 Å². The summed E-state index contributed by atoms with van der Waals surface area (Å²) in [4.78, 5) is 47.9. The summed E-state index contributed by atoms with van der Waals surface area (Å²) in [6.45, 7) is 3.32. The van der Waals surface area contributed by atoms with E-state index in [0.717, 1.165) is 17.0 Å². The number of sulfonamides is 1. The largest absolute Gasteiger partial charge is 0.588 e. The number of esters is 3. The Hall–Kier alpha value is -4.84. The van der Waals surface area contributed by atoms with Crippen molar-refractivity contribution in [1.29, 1.82) is 5.26 Å². The number of rotatable bonds is 9. The molecule has 3 aliphatic heterocycles. The fourth-order valence-corrected chi connectivity index (χ4v) is 8.83. The van der Waals surface area contributed by atoms with Gasteiger partial charge in [0.25, 0.3) is 0 Å². The molecule has 1 fully saturated rings. The van der Waals surface area contributed by atoms with Crippen LogP contribution in [0, 0.1) is 11.3 Å². The van der Waals surface area contributed by atoms with E-state index >= 15 is 0 Å². The number of carbonyl (C=O) groups excluding carboxylic acids is 3. The molecule has 49 heavy (non-hydrogen) atoms. The van der Waals surface area contributed by atoms with E-state index in [4.69, 9.17) is 14.2 Å². The van der Waals surface area contributed by atoms with Gasteiger partial charge in [0, 0.05) is 23.1 Å². The molecule has 0 radical (unpaired) electrons. The number of nitrogens with zero attached hydrogens (tertiary/aromatic N) is 4. The van der Waals surface area contributed by atoms with Gasteiger partial charge in [0.15, 0.2) is 32.9 Å². The van der Waals surface area contributed by atoms with E-state index in [9.17, 15) is 28.4 Å². The number of halogens is 1. The smallest absolute Gasteiger partial charge is 0.357 e. The summed E-state index contributed by atoms with van der Waals surface area (Å²) in [5.41, 5.74) is 0.440. The number of para-hydroxylation sites is 1. The van der Waals surface area contributed by atoms with Crippen LogP contribution < -0.4 is 4.90 Å². The molecule has 1 saturated heterocycles. The quantitative estimate of drug-likeness (QED) is 0.172. The third-order valence-electron chi connectivity index (χ3n) is 8.87. The van der Waals surface area contributed by atoms with Gasteiger partial charge in [-0.05, 0) is 67.4 Å². The molecule has 3 aromatic carbocycles. The highest BCUT2D eigenvalue weighted by atomic mass is 79.9. The monoisotopic (exact) mass is 746 g/mol. The van der Waals surface area contributed by atoms with Crippen LogP contribution in [-0.4, -0.2) is 65.0 Å². The molecule has 0 aliphatic carbocycles. The maximum atomic E-state index is 14.6. The van der Waals surface area contributed by atoms with E-state index in [1.54, 1.807) is 68.4 Å². The lowest BCUT2D eigenvalue weighted by atomic mass is 9.69. The van der Waals surface area contributed by atoms with Gasteiger partial charge in [-0.3, -0.25) is 0 Å². The second-order valence-corrected chi connectivity index (χ2v) is 14.2. The first-order valence-electron chi connectivity index (χ1n) is 15.4. The van der Waals surface area contributed by atoms with Gasteiger partial charge in [0.05, 0.1) is 49.0 Å². The molecule has 2 unspecified atom stereocenters. The lowest BCUT2D eigenvalue weighted by Crippen LogP contribution is -2.56. The number of amidine groups is 1. The van der Waals surface area contributed by atoms with Gasteiger partial charge in [0.2, 0.25) is 0 Å². The fraction of sp³-hybridized carbons (Fsp3) is 0.286. The van der Waals surface area contributed by atoms with Crippen molar-refractivity contribution in [2.24, 2.45) is 4.99 Å². The number of ether oxygens (including phenoxy) is 3. The molecule has 0 saturated carbocycles. The number of nitriles is 1. The van der Waals surface area contributed by atoms with Gasteiger partial charge in [-0.15, -0.1) is 0 Å². The maximum absolute atomic E-state index is 14.6. The van der Waals surface area contributed by atoms with Crippen molar-refractivity contribution in [3.63, 3.8) is 0 Å². The van der Waals surface area contributed by atoms with Crippen LogP contribution in [0.2, 0.25) is 0 Å². The number of fused-ring (bicyclic) bond motifs is 1. The summed E-state index contributed by atoms with van der Waals surface area (Å²) in [7, 11) is -3.36. The lowest BCUT2D eigenvalue weighted by molar-refractivity contribution is -0.144. The number of hydrogen-bond acceptors (Lipinski definition) is 11. The standard InChI is InChI=1S/C35H31BrN4O8S/c1-4-47-32(42)28-29(33(43)48-5-2)38-34-35(18-27(31(41)46-3)40(34)49(44,45)24-16-14-23(36)15-17-24)25-8-6-7-9-26(25)39(30(28)35)20-22-12-10-21(19-37)11-13-22/h6-17,27,30H,4-5,18,20H2,1-3H3/t27-,30?,35-/m0/s1. The maximum Gasteiger partial charge on any atom is 0.357 e. The molecule has 252 valence electrons. The first kappa shape index (κ1) is 34.0. The van der Waals surface area contributed by atoms with E-state index in [1.165, 1.54) is 12.1 Å². The summed E-state index contributed by atoms with van der Waals surface area (Å²) in [6.07, 6.45) is -0.168. The topological polar surface area (TPSA) is 162 Å². The Balaban J connectivity index is 1.68. The van der Waals surface area contributed by atoms with Crippen molar-refractivity contribution < 1.29 is 37.4 Å². The molecule has 0 bridgehead atoms. The van der Waals surface area contributed by atoms with E-state index in [0.29, 0.717) is 21.3 Å². The van der Waals surface area contributed by atoms with Crippen LogP contribution in [0.1, 0.15) is 37.0 Å². The van der Waals surface area contributed by atoms with E-state index in [2.05, 4.69) is 27.0 Å². The van der Waals surface area contributed by atoms with Gasteiger partial charge in [-0.1, -0.05) is 50.5 Å². The molecule has 3 aliphatic rings. The number of anilines is 1. The summed E-state index contributed by atoms with van der Waals surface area (Å²) < 4.78 is 46.9. The van der Waals surface area contributed by atoms with Crippen molar-refractivity contribution >= 4 is 55.8 Å². The molecule has 0 amide bonds. The van der Waals surface area contributed by atoms with Gasteiger partial charge in [-0.25, -0.2) is 19.4 Å². The van der Waals surface area contributed by atoms with Crippen molar-refractivity contribution in [1.82, 2.24) is 4.31 Å². The van der Waals surface area contributed by atoms with E-state index < -0.39 is 51.5 Å². The molecule has 14 heteroatoms. The molecular formula is C35H31BrN4O8S. The molecule has 1 spiro atoms. The highest BCUT2D eigenvalue weighted by Gasteiger charge is 2.70. The number of hydrogen-bond donors (Lipinski definition) is 0. The van der Waals surface area contributed by atoms with Crippen LogP contribution in [0.15, 0.2) is 98.4 Å². The predicted octanol–water partition coefficient (Wildman–Crippen LogP) is 4.59. The van der Waals surface area contributed by atoms with Crippen LogP contribution in [0.25, 0.3) is 0 Å². The third kappa shape index (κ3) is 5.51. The Morgan fingerprint density at radius 1 is 1.02 bits per heavy atom. The van der Waals surface area contributed by atoms with Crippen LogP contribution >= 0.6 is 15.9 Å². The third-order valence-corrected chi connectivity index (χ3v) is 11.2. The Bertz CT molecular complexity index is 1990. The first-order chi connectivity index (χ1) is 23.5. The van der Waals surface area contributed by atoms with Crippen molar-refractivity contribution in [3.8, 4) is 6.07 Å².